The Bertz CT molecular complexity index is 818. The lowest BCUT2D eigenvalue weighted by Gasteiger charge is -2.35. The zero-order chi connectivity index (χ0) is 18.3. The van der Waals surface area contributed by atoms with Crippen LogP contribution < -0.4 is 9.80 Å². The molecule has 0 bridgehead atoms. The van der Waals surface area contributed by atoms with Crippen LogP contribution in [0.1, 0.15) is 23.5 Å². The molecule has 0 aliphatic carbocycles. The number of aryl methyl sites for hydroxylation is 1. The van der Waals surface area contributed by atoms with E-state index in [-0.39, 0.29) is 23.8 Å². The maximum absolute atomic E-state index is 13.5. The molecule has 1 aromatic heterocycles. The van der Waals surface area contributed by atoms with E-state index in [1.165, 1.54) is 19.1 Å². The van der Waals surface area contributed by atoms with Crippen LogP contribution in [0.4, 0.5) is 24.5 Å². The van der Waals surface area contributed by atoms with Gasteiger partial charge in [-0.3, -0.25) is 4.79 Å². The first-order chi connectivity index (χ1) is 11.8. The summed E-state index contributed by atoms with van der Waals surface area (Å²) in [5, 5.41) is 3.81. The summed E-state index contributed by atoms with van der Waals surface area (Å²) in [4.78, 5) is 16.3. The number of benzene rings is 1. The number of hydrogen-bond acceptors (Lipinski definition) is 3. The van der Waals surface area contributed by atoms with Crippen molar-refractivity contribution in [3.05, 3.63) is 41.0 Å². The molecule has 25 heavy (non-hydrogen) atoms. The van der Waals surface area contributed by atoms with Gasteiger partial charge in [-0.25, -0.2) is 9.07 Å². The summed E-state index contributed by atoms with van der Waals surface area (Å²) in [5.74, 6) is -0.592. The molecule has 0 spiro atoms. The number of amides is 1. The number of fused-ring (bicyclic) bond motifs is 1. The Kier molecular flexibility index (Phi) is 4.45. The second-order valence-corrected chi connectivity index (χ2v) is 6.15. The molecule has 1 amide bonds. The molecule has 2 aromatic rings. The zero-order valence-corrected chi connectivity index (χ0v) is 14.3. The Labute approximate surface area is 143 Å². The summed E-state index contributed by atoms with van der Waals surface area (Å²) < 4.78 is 40.1. The molecule has 0 unspecified atom stereocenters. The molecule has 0 saturated carbocycles. The number of anilines is 2. The van der Waals surface area contributed by atoms with E-state index >= 15 is 0 Å². The van der Waals surface area contributed by atoms with Crippen LogP contribution in [-0.4, -0.2) is 35.8 Å². The predicted molar refractivity (Wildman–Crippen MR) is 88.7 cm³/mol. The smallest absolute Gasteiger partial charge is 0.333 e. The molecule has 0 saturated heterocycles. The number of carbonyl (C=O) groups is 1. The molecule has 134 valence electrons. The Morgan fingerprint density at radius 2 is 1.96 bits per heavy atom. The van der Waals surface area contributed by atoms with Crippen LogP contribution >= 0.6 is 0 Å². The normalized spacial score (nSPS) is 14.2. The highest BCUT2D eigenvalue weighted by Gasteiger charge is 2.27. The van der Waals surface area contributed by atoms with Gasteiger partial charge in [0.15, 0.2) is 0 Å². The van der Waals surface area contributed by atoms with Crippen molar-refractivity contribution in [3.63, 3.8) is 0 Å². The third kappa shape index (κ3) is 3.08. The zero-order valence-electron chi connectivity index (χ0n) is 14.3. The highest BCUT2D eigenvalue weighted by atomic mass is 19.3. The van der Waals surface area contributed by atoms with Crippen molar-refractivity contribution in [1.29, 1.82) is 0 Å². The van der Waals surface area contributed by atoms with E-state index < -0.39 is 6.55 Å². The monoisotopic (exact) mass is 352 g/mol. The summed E-state index contributed by atoms with van der Waals surface area (Å²) in [6.07, 6.45) is -0.0229. The highest BCUT2D eigenvalue weighted by molar-refractivity contribution is 5.99. The van der Waals surface area contributed by atoms with Gasteiger partial charge in [-0.05, 0) is 32.0 Å². The van der Waals surface area contributed by atoms with Crippen molar-refractivity contribution >= 4 is 17.3 Å². The number of likely N-dealkylation sites (N-methyl/N-ethyl adjacent to an activating group) is 1. The van der Waals surface area contributed by atoms with E-state index in [0.29, 0.717) is 40.4 Å². The average molecular weight is 352 g/mol. The molecule has 3 rings (SSSR count). The summed E-state index contributed by atoms with van der Waals surface area (Å²) in [6, 6.07) is 4.27. The second-order valence-electron chi connectivity index (χ2n) is 6.15. The van der Waals surface area contributed by atoms with Gasteiger partial charge in [0, 0.05) is 31.4 Å². The molecule has 0 radical (unpaired) electrons. The molecule has 0 fully saturated rings. The van der Waals surface area contributed by atoms with Crippen LogP contribution in [0.5, 0.6) is 0 Å². The Morgan fingerprint density at radius 3 is 2.60 bits per heavy atom. The number of nitrogens with zero attached hydrogens (tertiary/aromatic N) is 4. The summed E-state index contributed by atoms with van der Waals surface area (Å²) in [6.45, 7) is 1.42. The van der Waals surface area contributed by atoms with Gasteiger partial charge in [-0.2, -0.15) is 13.9 Å². The van der Waals surface area contributed by atoms with Crippen molar-refractivity contribution in [2.45, 2.75) is 26.8 Å². The first-order valence-corrected chi connectivity index (χ1v) is 7.93. The molecule has 5 nitrogen and oxygen atoms in total. The second kappa shape index (κ2) is 6.42. The molecule has 0 atom stereocenters. The van der Waals surface area contributed by atoms with Crippen molar-refractivity contribution in [2.75, 3.05) is 29.9 Å². The van der Waals surface area contributed by atoms with Crippen molar-refractivity contribution < 1.29 is 18.0 Å². The van der Waals surface area contributed by atoms with Gasteiger partial charge in [0.2, 0.25) is 5.91 Å². The molecule has 1 aliphatic heterocycles. The Hall–Kier alpha value is -2.51. The SMILES string of the molecule is Cc1nn(C(F)F)c(C)c1CC(=O)N1CCN(C)c2cc(F)ccc21. The maximum Gasteiger partial charge on any atom is 0.333 e. The van der Waals surface area contributed by atoms with Gasteiger partial charge >= 0.3 is 6.55 Å². The lowest BCUT2D eigenvalue weighted by atomic mass is 10.1. The number of carbonyl (C=O) groups excluding carboxylic acids is 1. The quantitative estimate of drug-likeness (QED) is 0.853. The van der Waals surface area contributed by atoms with Crippen LogP contribution in [0, 0.1) is 19.7 Å². The van der Waals surface area contributed by atoms with E-state index in [0.717, 1.165) is 0 Å². The number of aromatic nitrogens is 2. The van der Waals surface area contributed by atoms with Crippen LogP contribution in [0.15, 0.2) is 18.2 Å². The first-order valence-electron chi connectivity index (χ1n) is 7.93. The van der Waals surface area contributed by atoms with Crippen LogP contribution in [0.2, 0.25) is 0 Å². The molecule has 0 N–H and O–H groups in total. The lowest BCUT2D eigenvalue weighted by Crippen LogP contribution is -2.43. The fourth-order valence-corrected chi connectivity index (χ4v) is 3.17. The van der Waals surface area contributed by atoms with Gasteiger partial charge < -0.3 is 9.80 Å². The summed E-state index contributed by atoms with van der Waals surface area (Å²) in [5.41, 5.74) is 2.47. The lowest BCUT2D eigenvalue weighted by molar-refractivity contribution is -0.118. The van der Waals surface area contributed by atoms with Crippen LogP contribution in [-0.2, 0) is 11.2 Å². The minimum atomic E-state index is -2.74. The molecule has 2 heterocycles. The molecule has 8 heteroatoms. The third-order valence-corrected chi connectivity index (χ3v) is 4.59. The standard InChI is InChI=1S/C17H19F3N4O/c1-10-13(11(2)24(21-10)17(19)20)9-16(25)23-7-6-22(3)15-8-12(18)4-5-14(15)23/h4-5,8,17H,6-7,9H2,1-3H3. The van der Waals surface area contributed by atoms with Crippen LogP contribution in [0.3, 0.4) is 0 Å². The largest absolute Gasteiger partial charge is 0.371 e. The van der Waals surface area contributed by atoms with Crippen molar-refractivity contribution in [1.82, 2.24) is 9.78 Å². The van der Waals surface area contributed by atoms with Gasteiger partial charge in [0.25, 0.3) is 0 Å². The third-order valence-electron chi connectivity index (χ3n) is 4.59. The molecule has 1 aliphatic rings. The first kappa shape index (κ1) is 17.3. The Morgan fingerprint density at radius 1 is 1.24 bits per heavy atom. The Balaban J connectivity index is 1.90. The van der Waals surface area contributed by atoms with Gasteiger partial charge in [0.05, 0.1) is 23.5 Å². The summed E-state index contributed by atoms with van der Waals surface area (Å²) >= 11 is 0. The minimum Gasteiger partial charge on any atom is -0.371 e. The van der Waals surface area contributed by atoms with Crippen LogP contribution in [0.25, 0.3) is 0 Å². The topological polar surface area (TPSA) is 41.4 Å². The molecular formula is C17H19F3N4O. The van der Waals surface area contributed by atoms with E-state index in [4.69, 9.17) is 0 Å². The molecule has 1 aromatic carbocycles. The van der Waals surface area contributed by atoms with E-state index in [2.05, 4.69) is 5.10 Å². The van der Waals surface area contributed by atoms with Gasteiger partial charge in [-0.15, -0.1) is 0 Å². The van der Waals surface area contributed by atoms with E-state index in [1.807, 2.05) is 11.9 Å². The van der Waals surface area contributed by atoms with Gasteiger partial charge in [0.1, 0.15) is 5.82 Å². The molecular weight excluding hydrogens is 333 g/mol. The minimum absolute atomic E-state index is 0.0229. The number of rotatable bonds is 3. The fourth-order valence-electron chi connectivity index (χ4n) is 3.17. The number of halogens is 3. The van der Waals surface area contributed by atoms with Crippen molar-refractivity contribution in [2.24, 2.45) is 0 Å². The van der Waals surface area contributed by atoms with E-state index in [9.17, 15) is 18.0 Å². The van der Waals surface area contributed by atoms with E-state index in [1.54, 1.807) is 17.9 Å². The van der Waals surface area contributed by atoms with Crippen molar-refractivity contribution in [3.8, 4) is 0 Å². The average Bonchev–Trinajstić information content (AvgIpc) is 2.84. The number of alkyl halides is 2. The predicted octanol–water partition coefficient (Wildman–Crippen LogP) is 3.06. The summed E-state index contributed by atoms with van der Waals surface area (Å²) in [7, 11) is 1.83. The number of hydrogen-bond donors (Lipinski definition) is 0. The van der Waals surface area contributed by atoms with Gasteiger partial charge in [-0.1, -0.05) is 0 Å². The fraction of sp³-hybridized carbons (Fsp3) is 0.412. The maximum atomic E-state index is 13.5. The highest BCUT2D eigenvalue weighted by Crippen LogP contribution is 2.33.